The average molecular weight is 479 g/mol. The molecule has 0 spiro atoms. The Morgan fingerprint density at radius 2 is 1.72 bits per heavy atom. The van der Waals surface area contributed by atoms with E-state index in [1.807, 2.05) is 18.2 Å². The minimum atomic E-state index is -3.67. The SMILES string of the molecule is COc1cc(CNCCc2ccc(S(N)(=O)=O)cc2)ccc1OCc1ccc(F)cc1Cl. The summed E-state index contributed by atoms with van der Waals surface area (Å²) in [5.41, 5.74) is 2.70. The predicted molar refractivity (Wildman–Crippen MR) is 122 cm³/mol. The molecular formula is C23H24ClFN2O4S. The summed E-state index contributed by atoms with van der Waals surface area (Å²) in [7, 11) is -2.11. The van der Waals surface area contributed by atoms with Gasteiger partial charge in [0, 0.05) is 12.1 Å². The Balaban J connectivity index is 1.52. The molecule has 0 saturated heterocycles. The lowest BCUT2D eigenvalue weighted by molar-refractivity contribution is 0.284. The molecule has 0 amide bonds. The standard InChI is InChI=1S/C23H24ClFN2O4S/c1-30-23-12-17(4-9-22(23)31-15-18-5-6-19(25)13-21(18)24)14-27-11-10-16-2-7-20(8-3-16)32(26,28)29/h2-9,12-13,27H,10-11,14-15H2,1H3,(H2,26,28,29). The molecule has 0 fully saturated rings. The molecule has 3 rings (SSSR count). The highest BCUT2D eigenvalue weighted by atomic mass is 35.5. The highest BCUT2D eigenvalue weighted by Crippen LogP contribution is 2.29. The van der Waals surface area contributed by atoms with Crippen LogP contribution in [0.15, 0.2) is 65.6 Å². The zero-order chi connectivity index (χ0) is 23.1. The number of nitrogens with one attached hydrogen (secondary N) is 1. The fourth-order valence-electron chi connectivity index (χ4n) is 3.05. The molecule has 170 valence electrons. The molecule has 0 aliphatic heterocycles. The molecular weight excluding hydrogens is 455 g/mol. The van der Waals surface area contributed by atoms with Crippen LogP contribution < -0.4 is 19.9 Å². The van der Waals surface area contributed by atoms with Crippen LogP contribution in [0.25, 0.3) is 0 Å². The maximum atomic E-state index is 13.2. The van der Waals surface area contributed by atoms with E-state index in [1.165, 1.54) is 24.3 Å². The molecule has 9 heteroatoms. The lowest BCUT2D eigenvalue weighted by Gasteiger charge is -2.13. The van der Waals surface area contributed by atoms with Gasteiger partial charge < -0.3 is 14.8 Å². The van der Waals surface area contributed by atoms with Gasteiger partial charge in [0.1, 0.15) is 12.4 Å². The molecule has 6 nitrogen and oxygen atoms in total. The Bertz CT molecular complexity index is 1170. The lowest BCUT2D eigenvalue weighted by atomic mass is 10.1. The number of hydrogen-bond acceptors (Lipinski definition) is 5. The second-order valence-corrected chi connectivity index (χ2v) is 9.09. The highest BCUT2D eigenvalue weighted by Gasteiger charge is 2.09. The van der Waals surface area contributed by atoms with Crippen molar-refractivity contribution < 1.29 is 22.3 Å². The number of nitrogens with two attached hydrogens (primary N) is 1. The van der Waals surface area contributed by atoms with E-state index < -0.39 is 15.8 Å². The molecule has 0 bridgehead atoms. The van der Waals surface area contributed by atoms with Crippen LogP contribution in [-0.4, -0.2) is 22.1 Å². The van der Waals surface area contributed by atoms with E-state index in [0.29, 0.717) is 35.2 Å². The molecule has 0 aliphatic carbocycles. The summed E-state index contributed by atoms with van der Waals surface area (Å²) >= 11 is 6.05. The Morgan fingerprint density at radius 3 is 2.38 bits per heavy atom. The molecule has 0 aromatic heterocycles. The topological polar surface area (TPSA) is 90.6 Å². The van der Waals surface area contributed by atoms with E-state index >= 15 is 0 Å². The van der Waals surface area contributed by atoms with Gasteiger partial charge in [-0.2, -0.15) is 0 Å². The lowest BCUT2D eigenvalue weighted by Crippen LogP contribution is -2.17. The van der Waals surface area contributed by atoms with E-state index in [1.54, 1.807) is 25.3 Å². The fourth-order valence-corrected chi connectivity index (χ4v) is 3.78. The number of methoxy groups -OCH3 is 1. The number of benzene rings is 3. The minimum absolute atomic E-state index is 0.102. The van der Waals surface area contributed by atoms with Crippen molar-refractivity contribution in [2.45, 2.75) is 24.5 Å². The predicted octanol–water partition coefficient (Wildman–Crippen LogP) is 4.05. The highest BCUT2D eigenvalue weighted by molar-refractivity contribution is 7.89. The van der Waals surface area contributed by atoms with E-state index in [-0.39, 0.29) is 11.5 Å². The van der Waals surface area contributed by atoms with Crippen molar-refractivity contribution in [3.63, 3.8) is 0 Å². The normalized spacial score (nSPS) is 11.4. The van der Waals surface area contributed by atoms with Crippen LogP contribution in [0.2, 0.25) is 5.02 Å². The number of rotatable bonds is 10. The van der Waals surface area contributed by atoms with E-state index in [2.05, 4.69) is 5.32 Å². The number of sulfonamides is 1. The van der Waals surface area contributed by atoms with Crippen molar-refractivity contribution in [1.82, 2.24) is 5.32 Å². The summed E-state index contributed by atoms with van der Waals surface area (Å²) in [4.78, 5) is 0.102. The summed E-state index contributed by atoms with van der Waals surface area (Å²) in [5.74, 6) is 0.751. The van der Waals surface area contributed by atoms with Crippen LogP contribution in [0.5, 0.6) is 11.5 Å². The van der Waals surface area contributed by atoms with E-state index in [9.17, 15) is 12.8 Å². The van der Waals surface area contributed by atoms with Gasteiger partial charge in [-0.3, -0.25) is 0 Å². The van der Waals surface area contributed by atoms with Gasteiger partial charge in [-0.15, -0.1) is 0 Å². The van der Waals surface area contributed by atoms with Crippen LogP contribution in [0.1, 0.15) is 16.7 Å². The first-order valence-electron chi connectivity index (χ1n) is 9.82. The van der Waals surface area contributed by atoms with Crippen molar-refractivity contribution in [2.75, 3.05) is 13.7 Å². The third kappa shape index (κ3) is 6.67. The van der Waals surface area contributed by atoms with Crippen molar-refractivity contribution in [3.05, 3.63) is 88.2 Å². The van der Waals surface area contributed by atoms with Gasteiger partial charge in [-0.1, -0.05) is 35.9 Å². The van der Waals surface area contributed by atoms with Gasteiger partial charge in [-0.05, 0) is 60.5 Å². The van der Waals surface area contributed by atoms with E-state index in [0.717, 1.165) is 17.5 Å². The van der Waals surface area contributed by atoms with Gasteiger partial charge >= 0.3 is 0 Å². The maximum absolute atomic E-state index is 13.2. The maximum Gasteiger partial charge on any atom is 0.238 e. The summed E-state index contributed by atoms with van der Waals surface area (Å²) in [6.07, 6.45) is 0.738. The first-order chi connectivity index (χ1) is 15.3. The van der Waals surface area contributed by atoms with Crippen LogP contribution in [-0.2, 0) is 29.6 Å². The van der Waals surface area contributed by atoms with Crippen LogP contribution in [0.3, 0.4) is 0 Å². The Hall–Kier alpha value is -2.65. The van der Waals surface area contributed by atoms with Crippen molar-refractivity contribution in [2.24, 2.45) is 5.14 Å². The van der Waals surface area contributed by atoms with Crippen molar-refractivity contribution >= 4 is 21.6 Å². The second kappa shape index (κ2) is 10.8. The van der Waals surface area contributed by atoms with Gasteiger partial charge in [0.05, 0.1) is 17.0 Å². The third-order valence-electron chi connectivity index (χ3n) is 4.80. The molecule has 0 atom stereocenters. The number of ether oxygens (including phenoxy) is 2. The quantitative estimate of drug-likeness (QED) is 0.429. The number of halogens is 2. The van der Waals surface area contributed by atoms with Crippen LogP contribution in [0.4, 0.5) is 4.39 Å². The molecule has 0 unspecified atom stereocenters. The molecule has 0 saturated carbocycles. The van der Waals surface area contributed by atoms with E-state index in [4.69, 9.17) is 26.2 Å². The molecule has 3 aromatic carbocycles. The average Bonchev–Trinajstić information content (AvgIpc) is 2.76. The third-order valence-corrected chi connectivity index (χ3v) is 6.08. The Labute approximate surface area is 192 Å². The van der Waals surface area contributed by atoms with Gasteiger partial charge in [-0.25, -0.2) is 17.9 Å². The van der Waals surface area contributed by atoms with Gasteiger partial charge in [0.2, 0.25) is 10.0 Å². The summed E-state index contributed by atoms with van der Waals surface area (Å²) in [6.45, 7) is 1.52. The first kappa shape index (κ1) is 24.0. The molecule has 0 radical (unpaired) electrons. The summed E-state index contributed by atoms with van der Waals surface area (Å²) in [6, 6.07) is 16.3. The Morgan fingerprint density at radius 1 is 1.00 bits per heavy atom. The zero-order valence-corrected chi connectivity index (χ0v) is 19.0. The zero-order valence-electron chi connectivity index (χ0n) is 17.5. The number of primary sulfonamides is 1. The van der Waals surface area contributed by atoms with Crippen LogP contribution in [0, 0.1) is 5.82 Å². The molecule has 3 aromatic rings. The number of hydrogen-bond donors (Lipinski definition) is 2. The largest absolute Gasteiger partial charge is 0.493 e. The van der Waals surface area contributed by atoms with Gasteiger partial charge in [0.25, 0.3) is 0 Å². The second-order valence-electron chi connectivity index (χ2n) is 7.13. The van der Waals surface area contributed by atoms with Crippen LogP contribution >= 0.6 is 11.6 Å². The van der Waals surface area contributed by atoms with Gasteiger partial charge in [0.15, 0.2) is 11.5 Å². The first-order valence-corrected chi connectivity index (χ1v) is 11.7. The fraction of sp³-hybridized carbons (Fsp3) is 0.217. The molecule has 0 heterocycles. The van der Waals surface area contributed by atoms with Crippen molar-refractivity contribution in [1.29, 1.82) is 0 Å². The monoisotopic (exact) mass is 478 g/mol. The molecule has 32 heavy (non-hydrogen) atoms. The smallest absolute Gasteiger partial charge is 0.238 e. The van der Waals surface area contributed by atoms with Crippen molar-refractivity contribution in [3.8, 4) is 11.5 Å². The molecule has 3 N–H and O–H groups in total. The summed E-state index contributed by atoms with van der Waals surface area (Å²) in [5, 5.41) is 8.76. The summed E-state index contributed by atoms with van der Waals surface area (Å²) < 4.78 is 47.0. The minimum Gasteiger partial charge on any atom is -0.493 e. The Kier molecular flexibility index (Phi) is 8.09. The molecule has 0 aliphatic rings.